The summed E-state index contributed by atoms with van der Waals surface area (Å²) in [5.41, 5.74) is 0. The van der Waals surface area contributed by atoms with E-state index in [1.807, 2.05) is 18.4 Å². The molecule has 1 aromatic heterocycles. The van der Waals surface area contributed by atoms with Gasteiger partial charge >= 0.3 is 0 Å². The molecule has 1 heterocycles. The van der Waals surface area contributed by atoms with Crippen molar-refractivity contribution in [1.29, 1.82) is 0 Å². The van der Waals surface area contributed by atoms with Crippen LogP contribution < -0.4 is 0 Å². The molecule has 11 heavy (non-hydrogen) atoms. The van der Waals surface area contributed by atoms with Crippen LogP contribution in [-0.4, -0.2) is 5.78 Å². The van der Waals surface area contributed by atoms with Crippen molar-refractivity contribution in [2.75, 3.05) is 0 Å². The van der Waals surface area contributed by atoms with Crippen molar-refractivity contribution < 1.29 is 4.79 Å². The maximum atomic E-state index is 11.2. The molecule has 0 unspecified atom stereocenters. The molecular weight excluding hydrogens is 224 g/mol. The molecule has 0 atom stereocenters. The molecule has 0 amide bonds. The molecule has 0 radical (unpaired) electrons. The molecule has 0 saturated carbocycles. The number of rotatable bonds is 2. The zero-order valence-corrected chi connectivity index (χ0v) is 8.41. The Morgan fingerprint density at radius 2 is 2.45 bits per heavy atom. The smallest absolute Gasteiger partial charge is 0.196 e. The Hall–Kier alpha value is -0.410. The predicted octanol–water partition coefficient (Wildman–Crippen LogP) is 3.27. The molecule has 0 spiro atoms. The fraction of sp³-hybridized carbons (Fsp3) is 0.125. The lowest BCUT2D eigenvalue weighted by atomic mass is 10.3. The molecule has 1 aromatic rings. The van der Waals surface area contributed by atoms with Gasteiger partial charge in [-0.1, -0.05) is 6.08 Å². The van der Waals surface area contributed by atoms with Crippen molar-refractivity contribution in [3.63, 3.8) is 0 Å². The molecule has 0 aliphatic rings. The quantitative estimate of drug-likeness (QED) is 0.563. The molecule has 1 nitrogen and oxygen atoms in total. The number of thiophene rings is 1. The van der Waals surface area contributed by atoms with E-state index in [0.717, 1.165) is 9.35 Å². The third-order valence-electron chi connectivity index (χ3n) is 1.16. The summed E-state index contributed by atoms with van der Waals surface area (Å²) >= 11 is 4.74. The van der Waals surface area contributed by atoms with Gasteiger partial charge in [0, 0.05) is 4.47 Å². The van der Waals surface area contributed by atoms with Gasteiger partial charge in [-0.2, -0.15) is 0 Å². The van der Waals surface area contributed by atoms with Gasteiger partial charge in [0.05, 0.1) is 4.88 Å². The largest absolute Gasteiger partial charge is 0.288 e. The normalized spacial score (nSPS) is 10.7. The summed E-state index contributed by atoms with van der Waals surface area (Å²) in [6, 6.07) is 1.88. The third-order valence-corrected chi connectivity index (χ3v) is 3.01. The first-order valence-electron chi connectivity index (χ1n) is 3.15. The third kappa shape index (κ3) is 2.01. The van der Waals surface area contributed by atoms with Crippen molar-refractivity contribution >= 4 is 33.0 Å². The van der Waals surface area contributed by atoms with E-state index in [9.17, 15) is 4.79 Å². The first kappa shape index (κ1) is 8.68. The van der Waals surface area contributed by atoms with Crippen LogP contribution in [-0.2, 0) is 0 Å². The van der Waals surface area contributed by atoms with Gasteiger partial charge in [-0.05, 0) is 40.4 Å². The van der Waals surface area contributed by atoms with Crippen LogP contribution in [0.25, 0.3) is 0 Å². The van der Waals surface area contributed by atoms with E-state index in [-0.39, 0.29) is 5.78 Å². The van der Waals surface area contributed by atoms with Gasteiger partial charge in [0.25, 0.3) is 0 Å². The van der Waals surface area contributed by atoms with Gasteiger partial charge in [0.1, 0.15) is 0 Å². The Balaban J connectivity index is 2.93. The van der Waals surface area contributed by atoms with Crippen molar-refractivity contribution in [1.82, 2.24) is 0 Å². The van der Waals surface area contributed by atoms with E-state index >= 15 is 0 Å². The minimum absolute atomic E-state index is 0.0642. The standard InChI is InChI=1S/C8H7BrOS/c1-2-3-7(10)8-6(9)4-5-11-8/h2-5H,1H3/b3-2+. The number of hydrogen-bond acceptors (Lipinski definition) is 2. The van der Waals surface area contributed by atoms with Crippen LogP contribution in [0.3, 0.4) is 0 Å². The van der Waals surface area contributed by atoms with Gasteiger partial charge in [-0.3, -0.25) is 4.79 Å². The zero-order valence-electron chi connectivity index (χ0n) is 6.00. The van der Waals surface area contributed by atoms with E-state index in [1.165, 1.54) is 11.3 Å². The minimum Gasteiger partial charge on any atom is -0.288 e. The molecule has 0 aromatic carbocycles. The number of hydrogen-bond donors (Lipinski definition) is 0. The summed E-state index contributed by atoms with van der Waals surface area (Å²) in [4.78, 5) is 12.0. The monoisotopic (exact) mass is 230 g/mol. The molecule has 0 saturated heterocycles. The number of allylic oxidation sites excluding steroid dienone is 2. The van der Waals surface area contributed by atoms with Crippen molar-refractivity contribution in [3.05, 3.63) is 32.9 Å². The van der Waals surface area contributed by atoms with E-state index in [2.05, 4.69) is 15.9 Å². The van der Waals surface area contributed by atoms with Crippen LogP contribution in [0.15, 0.2) is 28.1 Å². The Bertz CT molecular complexity index is 288. The Kier molecular flexibility index (Phi) is 3.02. The first-order chi connectivity index (χ1) is 5.25. The fourth-order valence-corrected chi connectivity index (χ4v) is 2.18. The summed E-state index contributed by atoms with van der Waals surface area (Å²) in [6.45, 7) is 1.83. The van der Waals surface area contributed by atoms with Crippen LogP contribution in [0, 0.1) is 0 Å². The highest BCUT2D eigenvalue weighted by molar-refractivity contribution is 9.10. The molecule has 3 heteroatoms. The SMILES string of the molecule is C/C=C/C(=O)c1sccc1Br. The second-order valence-corrected chi connectivity index (χ2v) is 3.73. The molecular formula is C8H7BrOS. The predicted molar refractivity (Wildman–Crippen MR) is 51.2 cm³/mol. The molecule has 58 valence electrons. The molecule has 0 aliphatic heterocycles. The van der Waals surface area contributed by atoms with Crippen LogP contribution in [0.4, 0.5) is 0 Å². The highest BCUT2D eigenvalue weighted by Crippen LogP contribution is 2.23. The second-order valence-electron chi connectivity index (χ2n) is 1.96. The van der Waals surface area contributed by atoms with Crippen LogP contribution in [0.5, 0.6) is 0 Å². The van der Waals surface area contributed by atoms with Crippen LogP contribution in [0.2, 0.25) is 0 Å². The summed E-state index contributed by atoms with van der Waals surface area (Å²) in [5, 5.41) is 1.89. The number of carbonyl (C=O) groups excluding carboxylic acids is 1. The van der Waals surface area contributed by atoms with Crippen LogP contribution in [0.1, 0.15) is 16.6 Å². The maximum Gasteiger partial charge on any atom is 0.196 e. The highest BCUT2D eigenvalue weighted by atomic mass is 79.9. The number of ketones is 1. The summed E-state index contributed by atoms with van der Waals surface area (Å²) in [5.74, 6) is 0.0642. The Labute approximate surface area is 77.9 Å². The Morgan fingerprint density at radius 1 is 1.73 bits per heavy atom. The summed E-state index contributed by atoms with van der Waals surface area (Å²) in [7, 11) is 0. The summed E-state index contributed by atoms with van der Waals surface area (Å²) < 4.78 is 0.880. The molecule has 0 aliphatic carbocycles. The van der Waals surface area contributed by atoms with E-state index in [1.54, 1.807) is 12.2 Å². The van der Waals surface area contributed by atoms with Gasteiger partial charge < -0.3 is 0 Å². The number of halogens is 1. The Morgan fingerprint density at radius 3 is 2.91 bits per heavy atom. The highest BCUT2D eigenvalue weighted by Gasteiger charge is 2.06. The van der Waals surface area contributed by atoms with Gasteiger partial charge in [-0.15, -0.1) is 11.3 Å². The zero-order chi connectivity index (χ0) is 8.27. The van der Waals surface area contributed by atoms with Crippen LogP contribution >= 0.6 is 27.3 Å². The fourth-order valence-electron chi connectivity index (χ4n) is 0.697. The van der Waals surface area contributed by atoms with E-state index in [4.69, 9.17) is 0 Å². The lowest BCUT2D eigenvalue weighted by molar-refractivity contribution is 0.105. The van der Waals surface area contributed by atoms with Gasteiger partial charge in [0.15, 0.2) is 5.78 Å². The topological polar surface area (TPSA) is 17.1 Å². The molecule has 1 rings (SSSR count). The maximum absolute atomic E-state index is 11.2. The van der Waals surface area contributed by atoms with Gasteiger partial charge in [0.2, 0.25) is 0 Å². The molecule has 0 N–H and O–H groups in total. The first-order valence-corrected chi connectivity index (χ1v) is 4.83. The molecule has 0 bridgehead atoms. The lowest BCUT2D eigenvalue weighted by Crippen LogP contribution is -1.89. The van der Waals surface area contributed by atoms with Crippen molar-refractivity contribution in [2.24, 2.45) is 0 Å². The van der Waals surface area contributed by atoms with E-state index < -0.39 is 0 Å². The van der Waals surface area contributed by atoms with Crippen molar-refractivity contribution in [3.8, 4) is 0 Å². The average molecular weight is 231 g/mol. The minimum atomic E-state index is 0.0642. The van der Waals surface area contributed by atoms with E-state index in [0.29, 0.717) is 0 Å². The molecule has 0 fully saturated rings. The van der Waals surface area contributed by atoms with Crippen molar-refractivity contribution in [2.45, 2.75) is 6.92 Å². The second kappa shape index (κ2) is 3.83. The number of carbonyl (C=O) groups is 1. The lowest BCUT2D eigenvalue weighted by Gasteiger charge is -1.88. The average Bonchev–Trinajstić information content (AvgIpc) is 2.36. The summed E-state index contributed by atoms with van der Waals surface area (Å²) in [6.07, 6.45) is 3.31. The van der Waals surface area contributed by atoms with Gasteiger partial charge in [-0.25, -0.2) is 0 Å².